The van der Waals surface area contributed by atoms with E-state index in [1.54, 1.807) is 0 Å². The van der Waals surface area contributed by atoms with Gasteiger partial charge in [-0.05, 0) is 37.4 Å². The van der Waals surface area contributed by atoms with Crippen molar-refractivity contribution < 1.29 is 5.11 Å². The van der Waals surface area contributed by atoms with Gasteiger partial charge in [-0.3, -0.25) is 0 Å². The number of hydrogen-bond acceptors (Lipinski definition) is 2. The Hall–Kier alpha value is -1.64. The SMILES string of the molecule is CC(NCCc1ccccc1)C(O)Cc1ccccc1. The molecule has 0 fully saturated rings. The number of nitrogens with one attached hydrogen (secondary N) is 1. The van der Waals surface area contributed by atoms with Crippen LogP contribution < -0.4 is 5.32 Å². The Morgan fingerprint density at radius 2 is 1.45 bits per heavy atom. The van der Waals surface area contributed by atoms with Gasteiger partial charge in [0.05, 0.1) is 6.10 Å². The molecule has 106 valence electrons. The summed E-state index contributed by atoms with van der Waals surface area (Å²) in [5.74, 6) is 0. The van der Waals surface area contributed by atoms with E-state index < -0.39 is 0 Å². The molecule has 2 aromatic rings. The fourth-order valence-corrected chi connectivity index (χ4v) is 2.26. The second-order valence-corrected chi connectivity index (χ2v) is 5.24. The van der Waals surface area contributed by atoms with E-state index in [0.717, 1.165) is 13.0 Å². The van der Waals surface area contributed by atoms with Crippen LogP contribution in [0.4, 0.5) is 0 Å². The molecule has 0 aliphatic heterocycles. The Bertz CT molecular complexity index is 483. The molecule has 0 saturated carbocycles. The zero-order chi connectivity index (χ0) is 14.2. The maximum Gasteiger partial charge on any atom is 0.0730 e. The molecule has 20 heavy (non-hydrogen) atoms. The van der Waals surface area contributed by atoms with Gasteiger partial charge in [0.2, 0.25) is 0 Å². The smallest absolute Gasteiger partial charge is 0.0730 e. The Kier molecular flexibility index (Phi) is 5.78. The maximum atomic E-state index is 10.2. The van der Waals surface area contributed by atoms with E-state index in [1.165, 1.54) is 11.1 Å². The molecule has 0 amide bonds. The average Bonchev–Trinajstić information content (AvgIpc) is 2.49. The third kappa shape index (κ3) is 4.80. The van der Waals surface area contributed by atoms with Gasteiger partial charge in [-0.2, -0.15) is 0 Å². The van der Waals surface area contributed by atoms with Crippen LogP contribution in [0.3, 0.4) is 0 Å². The lowest BCUT2D eigenvalue weighted by Crippen LogP contribution is -2.39. The summed E-state index contributed by atoms with van der Waals surface area (Å²) in [6, 6.07) is 20.6. The monoisotopic (exact) mass is 269 g/mol. The molecular weight excluding hydrogens is 246 g/mol. The van der Waals surface area contributed by atoms with Crippen LogP contribution in [-0.2, 0) is 12.8 Å². The second kappa shape index (κ2) is 7.83. The highest BCUT2D eigenvalue weighted by atomic mass is 16.3. The molecule has 0 spiro atoms. The second-order valence-electron chi connectivity index (χ2n) is 5.24. The van der Waals surface area contributed by atoms with Gasteiger partial charge >= 0.3 is 0 Å². The first-order valence-electron chi connectivity index (χ1n) is 7.25. The zero-order valence-electron chi connectivity index (χ0n) is 12.0. The number of aliphatic hydroxyl groups is 1. The molecule has 0 aliphatic carbocycles. The number of aliphatic hydroxyl groups excluding tert-OH is 1. The van der Waals surface area contributed by atoms with Crippen molar-refractivity contribution in [3.05, 3.63) is 71.8 Å². The van der Waals surface area contributed by atoms with Crippen LogP contribution in [0.1, 0.15) is 18.1 Å². The first kappa shape index (κ1) is 14.8. The highest BCUT2D eigenvalue weighted by Crippen LogP contribution is 2.06. The normalized spacial score (nSPS) is 13.9. The van der Waals surface area contributed by atoms with E-state index in [4.69, 9.17) is 0 Å². The molecule has 0 saturated heterocycles. The molecule has 2 nitrogen and oxygen atoms in total. The van der Waals surface area contributed by atoms with Crippen molar-refractivity contribution in [3.8, 4) is 0 Å². The highest BCUT2D eigenvalue weighted by molar-refractivity contribution is 5.16. The van der Waals surface area contributed by atoms with Crippen molar-refractivity contribution in [1.29, 1.82) is 0 Å². The molecule has 2 aromatic carbocycles. The minimum absolute atomic E-state index is 0.0962. The standard InChI is InChI=1S/C18H23NO/c1-15(18(20)14-17-10-6-3-7-11-17)19-13-12-16-8-4-2-5-9-16/h2-11,15,18-20H,12-14H2,1H3. The van der Waals surface area contributed by atoms with Crippen LogP contribution >= 0.6 is 0 Å². The van der Waals surface area contributed by atoms with Gasteiger partial charge in [0.25, 0.3) is 0 Å². The number of benzene rings is 2. The van der Waals surface area contributed by atoms with E-state index >= 15 is 0 Å². The molecule has 2 heteroatoms. The summed E-state index contributed by atoms with van der Waals surface area (Å²) in [6.45, 7) is 2.93. The lowest BCUT2D eigenvalue weighted by atomic mass is 10.0. The molecule has 0 heterocycles. The third-order valence-corrected chi connectivity index (χ3v) is 3.59. The Balaban J connectivity index is 1.73. The van der Waals surface area contributed by atoms with Gasteiger partial charge < -0.3 is 10.4 Å². The van der Waals surface area contributed by atoms with Gasteiger partial charge in [0.15, 0.2) is 0 Å². The van der Waals surface area contributed by atoms with Gasteiger partial charge in [-0.15, -0.1) is 0 Å². The predicted molar refractivity (Wildman–Crippen MR) is 83.8 cm³/mol. The summed E-state index contributed by atoms with van der Waals surface area (Å²) >= 11 is 0. The molecule has 2 N–H and O–H groups in total. The van der Waals surface area contributed by atoms with Crippen LogP contribution in [-0.4, -0.2) is 23.8 Å². The topological polar surface area (TPSA) is 32.3 Å². The first-order chi connectivity index (χ1) is 9.75. The molecule has 0 aromatic heterocycles. The van der Waals surface area contributed by atoms with Crippen molar-refractivity contribution in [2.45, 2.75) is 31.9 Å². The Morgan fingerprint density at radius 1 is 0.900 bits per heavy atom. The Labute approximate surface area is 121 Å². The van der Waals surface area contributed by atoms with Crippen molar-refractivity contribution in [3.63, 3.8) is 0 Å². The van der Waals surface area contributed by atoms with Crippen molar-refractivity contribution in [2.24, 2.45) is 0 Å². The molecule has 0 bridgehead atoms. The maximum absolute atomic E-state index is 10.2. The van der Waals surface area contributed by atoms with Gasteiger partial charge in [0, 0.05) is 6.04 Å². The first-order valence-corrected chi connectivity index (χ1v) is 7.25. The van der Waals surface area contributed by atoms with Gasteiger partial charge in [-0.1, -0.05) is 60.7 Å². The molecule has 2 rings (SSSR count). The van der Waals surface area contributed by atoms with E-state index in [1.807, 2.05) is 31.2 Å². The van der Waals surface area contributed by atoms with E-state index in [0.29, 0.717) is 6.42 Å². The summed E-state index contributed by atoms with van der Waals surface area (Å²) in [5.41, 5.74) is 2.50. The summed E-state index contributed by atoms with van der Waals surface area (Å²) in [5, 5.41) is 13.6. The largest absolute Gasteiger partial charge is 0.391 e. The molecule has 2 atom stereocenters. The fourth-order valence-electron chi connectivity index (χ4n) is 2.26. The fraction of sp³-hybridized carbons (Fsp3) is 0.333. The van der Waals surface area contributed by atoms with Crippen molar-refractivity contribution >= 4 is 0 Å². The van der Waals surface area contributed by atoms with Gasteiger partial charge in [-0.25, -0.2) is 0 Å². The van der Waals surface area contributed by atoms with Crippen LogP contribution in [0.15, 0.2) is 60.7 Å². The number of rotatable bonds is 7. The Morgan fingerprint density at radius 3 is 2.05 bits per heavy atom. The summed E-state index contributed by atoms with van der Waals surface area (Å²) in [6.07, 6.45) is 1.33. The molecule has 2 unspecified atom stereocenters. The molecular formula is C18H23NO. The summed E-state index contributed by atoms with van der Waals surface area (Å²) in [4.78, 5) is 0. The van der Waals surface area contributed by atoms with Crippen LogP contribution in [0.5, 0.6) is 0 Å². The quantitative estimate of drug-likeness (QED) is 0.810. The zero-order valence-corrected chi connectivity index (χ0v) is 12.0. The van der Waals surface area contributed by atoms with Gasteiger partial charge in [0.1, 0.15) is 0 Å². The highest BCUT2D eigenvalue weighted by Gasteiger charge is 2.13. The number of hydrogen-bond donors (Lipinski definition) is 2. The predicted octanol–water partition coefficient (Wildman–Crippen LogP) is 2.81. The lowest BCUT2D eigenvalue weighted by molar-refractivity contribution is 0.135. The molecule has 0 radical (unpaired) electrons. The van der Waals surface area contributed by atoms with E-state index in [2.05, 4.69) is 41.7 Å². The minimum atomic E-state index is -0.354. The summed E-state index contributed by atoms with van der Waals surface area (Å²) in [7, 11) is 0. The van der Waals surface area contributed by atoms with Crippen LogP contribution in [0.2, 0.25) is 0 Å². The molecule has 0 aliphatic rings. The summed E-state index contributed by atoms with van der Waals surface area (Å²) < 4.78 is 0. The lowest BCUT2D eigenvalue weighted by Gasteiger charge is -2.20. The van der Waals surface area contributed by atoms with Crippen molar-refractivity contribution in [2.75, 3.05) is 6.54 Å². The average molecular weight is 269 g/mol. The third-order valence-electron chi connectivity index (χ3n) is 3.59. The van der Waals surface area contributed by atoms with E-state index in [9.17, 15) is 5.11 Å². The van der Waals surface area contributed by atoms with Crippen LogP contribution in [0, 0.1) is 0 Å². The van der Waals surface area contributed by atoms with Crippen LogP contribution in [0.25, 0.3) is 0 Å². The minimum Gasteiger partial charge on any atom is -0.391 e. The van der Waals surface area contributed by atoms with Crippen molar-refractivity contribution in [1.82, 2.24) is 5.32 Å². The van der Waals surface area contributed by atoms with E-state index in [-0.39, 0.29) is 12.1 Å².